The Morgan fingerprint density at radius 1 is 1.14 bits per heavy atom. The van der Waals surface area contributed by atoms with E-state index in [1.54, 1.807) is 19.2 Å². The monoisotopic (exact) mass is 819 g/mol. The van der Waals surface area contributed by atoms with Gasteiger partial charge in [0.15, 0.2) is 11.2 Å². The fourth-order valence-corrected chi connectivity index (χ4v) is 8.89. The van der Waals surface area contributed by atoms with Gasteiger partial charge in [-0.3, -0.25) is 19.5 Å². The van der Waals surface area contributed by atoms with E-state index in [9.17, 15) is 40.2 Å². The van der Waals surface area contributed by atoms with Gasteiger partial charge in [0.25, 0.3) is 0 Å². The molecule has 0 aliphatic carbocycles. The molecule has 16 heteroatoms. The van der Waals surface area contributed by atoms with Crippen LogP contribution < -0.4 is 25.7 Å². The van der Waals surface area contributed by atoms with Crippen LogP contribution in [0.1, 0.15) is 55.9 Å². The van der Waals surface area contributed by atoms with Crippen molar-refractivity contribution in [2.24, 2.45) is 10.9 Å². The number of quaternary nitrogens is 1. The summed E-state index contributed by atoms with van der Waals surface area (Å²) >= 11 is 0. The number of nitrogens with one attached hydrogen (secondary N) is 3. The lowest BCUT2D eigenvalue weighted by Gasteiger charge is -2.45. The average molecular weight is 820 g/mol. The normalized spacial score (nSPS) is 25.0. The van der Waals surface area contributed by atoms with Crippen molar-refractivity contribution in [2.45, 2.75) is 94.4 Å². The first-order chi connectivity index (χ1) is 28.3. The van der Waals surface area contributed by atoms with Crippen LogP contribution in [0.15, 0.2) is 74.1 Å². The summed E-state index contributed by atoms with van der Waals surface area (Å²) in [4.78, 5) is 43.8. The number of allylic oxidation sites excluding steroid dienone is 2. The molecule has 1 amide bonds. The van der Waals surface area contributed by atoms with E-state index in [1.165, 1.54) is 30.3 Å². The van der Waals surface area contributed by atoms with Gasteiger partial charge in [0.05, 0.1) is 17.6 Å². The summed E-state index contributed by atoms with van der Waals surface area (Å²) in [6, 6.07) is 9.08. The molecule has 3 aromatic rings. The number of benzene rings is 2. The van der Waals surface area contributed by atoms with Crippen LogP contribution in [-0.2, 0) is 27.4 Å². The maximum Gasteiger partial charge on any atom is 0.222 e. The number of amides is 1. The molecule has 0 bridgehead atoms. The van der Waals surface area contributed by atoms with E-state index in [2.05, 4.69) is 22.5 Å². The van der Waals surface area contributed by atoms with Crippen LogP contribution >= 0.6 is 0 Å². The first-order valence-corrected chi connectivity index (χ1v) is 20.3. The highest BCUT2D eigenvalue weighted by atomic mass is 17.2. The molecule has 16 nitrogen and oxygen atoms in total. The minimum absolute atomic E-state index is 0.0208. The molecule has 2 aromatic carbocycles. The summed E-state index contributed by atoms with van der Waals surface area (Å²) in [5.41, 5.74) is 1.68. The number of carbonyl (C=O) groups is 1. The molecule has 1 fully saturated rings. The molecule has 0 saturated carbocycles. The van der Waals surface area contributed by atoms with Gasteiger partial charge in [-0.2, -0.15) is 0 Å². The number of aliphatic imine (C=N–C) groups is 1. The second-order valence-corrected chi connectivity index (χ2v) is 16.2. The molecule has 0 radical (unpaired) electrons. The number of nitrogens with zero attached hydrogens (tertiary/aromatic N) is 1. The summed E-state index contributed by atoms with van der Waals surface area (Å²) in [5.74, 6) is 0.993. The van der Waals surface area contributed by atoms with Gasteiger partial charge >= 0.3 is 0 Å². The maximum absolute atomic E-state index is 13.7. The number of aliphatic hydroxyl groups is 5. The molecule has 8 unspecified atom stereocenters. The standard InChI is InChI=1S/C43H54N4O12/c1-4-32-29-10-13-45-31(29)21-47(32)37-39-27(17-30-33(50)15-24(2)57-40(30)37)18-35(43(58-39,12-14-44-3)11-9-26-16-36(52)46-20-26)59-56-23-42(55,41(54)38(53)34(51)22-48)19-25-5-7-28(49)8-6-25/h5-8,10,13,15,17,26,34-35,38,41,44,48-49,51,53-55H,4,9,11-12,14,16,18-23H2,1-3H3,(H,46,52)/p+1. The number of phenolic OH excluding ortho intramolecular Hbond substituents is 1. The van der Waals surface area contributed by atoms with E-state index >= 15 is 0 Å². The highest BCUT2D eigenvalue weighted by Crippen LogP contribution is 2.47. The third kappa shape index (κ3) is 8.60. The van der Waals surface area contributed by atoms with Gasteiger partial charge in [-0.1, -0.05) is 19.1 Å². The van der Waals surface area contributed by atoms with E-state index < -0.39 is 48.8 Å². The number of carbonyl (C=O) groups excluding carboxylic acids is 1. The third-order valence-corrected chi connectivity index (χ3v) is 12.2. The molecule has 9 N–H and O–H groups in total. The zero-order chi connectivity index (χ0) is 42.1. The van der Waals surface area contributed by atoms with Crippen molar-refractivity contribution < 1.29 is 59.3 Å². The zero-order valence-corrected chi connectivity index (χ0v) is 33.6. The van der Waals surface area contributed by atoms with Gasteiger partial charge in [0.1, 0.15) is 71.7 Å². The molecule has 5 heterocycles. The lowest BCUT2D eigenvalue weighted by molar-refractivity contribution is -0.776. The molecule has 8 atom stereocenters. The molecule has 59 heavy (non-hydrogen) atoms. The second kappa shape index (κ2) is 17.6. The van der Waals surface area contributed by atoms with Crippen molar-refractivity contribution in [1.29, 1.82) is 0 Å². The van der Waals surface area contributed by atoms with Crippen LogP contribution in [0.2, 0.25) is 0 Å². The number of phenols is 1. The molecule has 1 saturated heterocycles. The van der Waals surface area contributed by atoms with Crippen molar-refractivity contribution in [3.63, 3.8) is 0 Å². The zero-order valence-electron chi connectivity index (χ0n) is 33.6. The molecule has 318 valence electrons. The Bertz CT molecular complexity index is 2190. The molecule has 4 aliphatic rings. The van der Waals surface area contributed by atoms with Crippen molar-refractivity contribution in [1.82, 2.24) is 10.6 Å². The first kappa shape index (κ1) is 42.6. The Labute approximate surface area is 341 Å². The highest BCUT2D eigenvalue weighted by molar-refractivity contribution is 6.07. The number of ether oxygens (including phenoxy) is 1. The van der Waals surface area contributed by atoms with Crippen molar-refractivity contribution >= 4 is 28.3 Å². The van der Waals surface area contributed by atoms with Crippen LogP contribution in [0.3, 0.4) is 0 Å². The van der Waals surface area contributed by atoms with E-state index in [-0.39, 0.29) is 35.8 Å². The van der Waals surface area contributed by atoms with Crippen LogP contribution in [0.25, 0.3) is 11.0 Å². The van der Waals surface area contributed by atoms with Gasteiger partial charge in [-0.15, -0.1) is 0 Å². The Kier molecular flexibility index (Phi) is 12.7. The average Bonchev–Trinajstić information content (AvgIpc) is 3.95. The van der Waals surface area contributed by atoms with Crippen LogP contribution in [0.4, 0.5) is 5.69 Å². The second-order valence-electron chi connectivity index (χ2n) is 16.2. The van der Waals surface area contributed by atoms with E-state index in [1.807, 2.05) is 13.1 Å². The lowest BCUT2D eigenvalue weighted by Crippen LogP contribution is -3.04. The van der Waals surface area contributed by atoms with Crippen molar-refractivity contribution in [3.8, 4) is 11.5 Å². The third-order valence-electron chi connectivity index (χ3n) is 12.2. The van der Waals surface area contributed by atoms with Crippen molar-refractivity contribution in [3.05, 3.63) is 87.1 Å². The number of fused-ring (bicyclic) bond motifs is 3. The van der Waals surface area contributed by atoms with Gasteiger partial charge in [-0.05, 0) is 69.1 Å². The molecule has 0 spiro atoms. The minimum Gasteiger partial charge on any atom is -0.508 e. The lowest BCUT2D eigenvalue weighted by atomic mass is 9.79. The predicted molar refractivity (Wildman–Crippen MR) is 215 cm³/mol. The Morgan fingerprint density at radius 2 is 1.92 bits per heavy atom. The fraction of sp³-hybridized carbons (Fsp3) is 0.512. The smallest absolute Gasteiger partial charge is 0.222 e. The van der Waals surface area contributed by atoms with E-state index in [0.717, 1.165) is 21.9 Å². The Morgan fingerprint density at radius 3 is 2.61 bits per heavy atom. The van der Waals surface area contributed by atoms with Crippen molar-refractivity contribution in [2.75, 3.05) is 39.9 Å². The number of hydrogen-bond donors (Lipinski definition) is 9. The van der Waals surface area contributed by atoms with Gasteiger partial charge < -0.3 is 50.4 Å². The molecule has 7 rings (SSSR count). The summed E-state index contributed by atoms with van der Waals surface area (Å²) < 4.78 is 13.7. The molecular formula is C43H55N4O12+. The first-order valence-electron chi connectivity index (χ1n) is 20.3. The number of aliphatic hydroxyl groups excluding tert-OH is 4. The summed E-state index contributed by atoms with van der Waals surface area (Å²) in [5, 5.41) is 70.1. The van der Waals surface area contributed by atoms with Crippen LogP contribution in [-0.4, -0.2) is 118 Å². The van der Waals surface area contributed by atoms with Gasteiger partial charge in [-0.25, -0.2) is 9.78 Å². The fourth-order valence-electron chi connectivity index (χ4n) is 8.89. The van der Waals surface area contributed by atoms with E-state index in [0.29, 0.717) is 91.0 Å². The summed E-state index contributed by atoms with van der Waals surface area (Å²) in [7, 11) is 1.82. The quantitative estimate of drug-likeness (QED) is 0.0631. The Balaban J connectivity index is 1.30. The Hall–Kier alpha value is -4.49. The number of hydrogen-bond acceptors (Lipinski definition) is 14. The summed E-state index contributed by atoms with van der Waals surface area (Å²) in [6.45, 7) is 3.76. The molecule has 4 aliphatic heterocycles. The SMILES string of the molecule is CCC1=C2C=CN=C2C[NH+]1c1c2c(cc3c(=O)cc(C)oc13)CC(OOCC(O)(Cc1ccc(O)cc1)C(O)C(O)C(O)CO)C(CCNC)(CCC1CNC(=O)C1)O2. The highest BCUT2D eigenvalue weighted by Gasteiger charge is 2.51. The largest absolute Gasteiger partial charge is 0.508 e. The number of rotatable bonds is 18. The van der Waals surface area contributed by atoms with Crippen LogP contribution in [0, 0.1) is 12.8 Å². The maximum atomic E-state index is 13.7. The van der Waals surface area contributed by atoms with Gasteiger partial charge in [0.2, 0.25) is 17.2 Å². The van der Waals surface area contributed by atoms with Crippen LogP contribution in [0.5, 0.6) is 11.5 Å². The number of aromatic hydroxyl groups is 1. The summed E-state index contributed by atoms with van der Waals surface area (Å²) in [6.07, 6.45) is -0.463. The van der Waals surface area contributed by atoms with Gasteiger partial charge in [0, 0.05) is 56.5 Å². The predicted octanol–water partition coefficient (Wildman–Crippen LogP) is 0.535. The minimum atomic E-state index is -2.28. The molecular weight excluding hydrogens is 764 g/mol. The topological polar surface area (TPSA) is 237 Å². The number of aryl methyl sites for hydroxylation is 1. The van der Waals surface area contributed by atoms with E-state index in [4.69, 9.17) is 18.9 Å². The molecule has 1 aromatic heterocycles.